The van der Waals surface area contributed by atoms with E-state index < -0.39 is 9.84 Å². The van der Waals surface area contributed by atoms with Gasteiger partial charge >= 0.3 is 0 Å². The van der Waals surface area contributed by atoms with Gasteiger partial charge in [-0.15, -0.1) is 0 Å². The number of aromatic nitrogens is 2. The van der Waals surface area contributed by atoms with Gasteiger partial charge in [-0.25, -0.2) is 13.1 Å². The molecule has 2 aliphatic rings. The maximum absolute atomic E-state index is 12.1. The average molecular weight is 256 g/mol. The molecule has 1 saturated carbocycles. The highest BCUT2D eigenvalue weighted by molar-refractivity contribution is 7.90. The van der Waals surface area contributed by atoms with Crippen molar-refractivity contribution in [3.63, 3.8) is 0 Å². The Bertz CT molecular complexity index is 591. The second-order valence-electron chi connectivity index (χ2n) is 5.02. The van der Waals surface area contributed by atoms with Crippen molar-refractivity contribution in [3.05, 3.63) is 21.6 Å². The quantitative estimate of drug-likeness (QED) is 0.806. The van der Waals surface area contributed by atoms with E-state index >= 15 is 0 Å². The first kappa shape index (κ1) is 11.1. The molecule has 3 rings (SSSR count). The van der Waals surface area contributed by atoms with Crippen molar-refractivity contribution < 1.29 is 8.42 Å². The molecule has 1 aromatic rings. The van der Waals surface area contributed by atoms with Gasteiger partial charge in [0.05, 0.1) is 23.2 Å². The molecule has 94 valence electrons. The van der Waals surface area contributed by atoms with Crippen molar-refractivity contribution >= 4 is 9.84 Å². The molecular weight excluding hydrogens is 240 g/mol. The van der Waals surface area contributed by atoms with Crippen LogP contribution in [0, 0.1) is 0 Å². The molecule has 17 heavy (non-hydrogen) atoms. The van der Waals surface area contributed by atoms with Gasteiger partial charge in [0.2, 0.25) is 0 Å². The van der Waals surface area contributed by atoms with Gasteiger partial charge < -0.3 is 0 Å². The molecule has 2 heterocycles. The number of sulfone groups is 1. The van der Waals surface area contributed by atoms with Crippen molar-refractivity contribution in [2.24, 2.45) is 0 Å². The Kier molecular flexibility index (Phi) is 2.43. The fraction of sp³-hybridized carbons (Fsp3) is 0.727. The number of nitrogens with zero attached hydrogens (tertiary/aromatic N) is 1. The van der Waals surface area contributed by atoms with Crippen molar-refractivity contribution in [3.8, 4) is 0 Å². The summed E-state index contributed by atoms with van der Waals surface area (Å²) in [7, 11) is -3.01. The minimum absolute atomic E-state index is 0.00167. The van der Waals surface area contributed by atoms with Crippen LogP contribution >= 0.6 is 0 Å². The van der Waals surface area contributed by atoms with E-state index in [4.69, 9.17) is 0 Å². The number of H-pyrrole nitrogens is 1. The SMILES string of the molecule is O=c1c2c([nH]n1C1CCCC1)CS(=O)(=O)CC2. The normalized spacial score (nSPS) is 23.8. The lowest BCUT2D eigenvalue weighted by atomic mass is 10.2. The molecule has 1 aliphatic heterocycles. The van der Waals surface area contributed by atoms with E-state index in [1.165, 1.54) is 0 Å². The van der Waals surface area contributed by atoms with E-state index in [9.17, 15) is 13.2 Å². The highest BCUT2D eigenvalue weighted by Crippen LogP contribution is 2.28. The molecule has 0 unspecified atom stereocenters. The molecule has 0 atom stereocenters. The van der Waals surface area contributed by atoms with E-state index in [2.05, 4.69) is 5.10 Å². The molecule has 0 radical (unpaired) electrons. The van der Waals surface area contributed by atoms with E-state index in [1.54, 1.807) is 4.68 Å². The van der Waals surface area contributed by atoms with Crippen molar-refractivity contribution in [2.45, 2.75) is 43.9 Å². The largest absolute Gasteiger partial charge is 0.298 e. The summed E-state index contributed by atoms with van der Waals surface area (Å²) in [6.45, 7) is 0. The fourth-order valence-corrected chi connectivity index (χ4v) is 4.22. The first-order valence-electron chi connectivity index (χ1n) is 6.09. The molecule has 1 N–H and O–H groups in total. The van der Waals surface area contributed by atoms with Gasteiger partial charge in [0.1, 0.15) is 0 Å². The summed E-state index contributed by atoms with van der Waals surface area (Å²) in [5.74, 6) is 0.106. The predicted molar refractivity (Wildman–Crippen MR) is 63.8 cm³/mol. The molecule has 0 spiro atoms. The Morgan fingerprint density at radius 2 is 1.94 bits per heavy atom. The van der Waals surface area contributed by atoms with Gasteiger partial charge in [0, 0.05) is 5.56 Å². The van der Waals surface area contributed by atoms with Crippen LogP contribution in [-0.2, 0) is 22.0 Å². The van der Waals surface area contributed by atoms with E-state index in [0.717, 1.165) is 25.7 Å². The van der Waals surface area contributed by atoms with Crippen LogP contribution in [0.3, 0.4) is 0 Å². The van der Waals surface area contributed by atoms with Gasteiger partial charge in [0.15, 0.2) is 9.84 Å². The smallest absolute Gasteiger partial charge is 0.270 e. The maximum Gasteiger partial charge on any atom is 0.270 e. The second kappa shape index (κ2) is 3.73. The highest BCUT2D eigenvalue weighted by Gasteiger charge is 2.29. The van der Waals surface area contributed by atoms with Gasteiger partial charge in [-0.1, -0.05) is 12.8 Å². The summed E-state index contributed by atoms with van der Waals surface area (Å²) in [6, 6.07) is 0.246. The number of rotatable bonds is 1. The van der Waals surface area contributed by atoms with Crippen molar-refractivity contribution in [1.82, 2.24) is 9.78 Å². The van der Waals surface area contributed by atoms with Gasteiger partial charge in [0.25, 0.3) is 5.56 Å². The van der Waals surface area contributed by atoms with Crippen LogP contribution in [0.1, 0.15) is 43.0 Å². The second-order valence-corrected chi connectivity index (χ2v) is 7.21. The fourth-order valence-electron chi connectivity index (χ4n) is 2.88. The topological polar surface area (TPSA) is 71.9 Å². The third-order valence-electron chi connectivity index (χ3n) is 3.81. The Balaban J connectivity index is 2.04. The lowest BCUT2D eigenvalue weighted by Gasteiger charge is -2.10. The number of fused-ring (bicyclic) bond motifs is 1. The van der Waals surface area contributed by atoms with Crippen molar-refractivity contribution in [2.75, 3.05) is 5.75 Å². The molecule has 0 saturated heterocycles. The lowest BCUT2D eigenvalue weighted by Crippen LogP contribution is -2.25. The maximum atomic E-state index is 12.1. The molecule has 1 aliphatic carbocycles. The minimum atomic E-state index is -3.01. The monoisotopic (exact) mass is 256 g/mol. The minimum Gasteiger partial charge on any atom is -0.298 e. The molecule has 1 fully saturated rings. The number of nitrogens with one attached hydrogen (secondary N) is 1. The Labute approximate surface area is 99.7 Å². The molecule has 0 amide bonds. The van der Waals surface area contributed by atoms with Gasteiger partial charge in [-0.3, -0.25) is 9.89 Å². The average Bonchev–Trinajstić information content (AvgIpc) is 2.85. The molecular formula is C11H16N2O3S. The molecule has 6 heteroatoms. The van der Waals surface area contributed by atoms with Crippen molar-refractivity contribution in [1.29, 1.82) is 0 Å². The van der Waals surface area contributed by atoms with Crippen LogP contribution in [-0.4, -0.2) is 24.0 Å². The summed E-state index contributed by atoms with van der Waals surface area (Å²) in [4.78, 5) is 12.1. The third kappa shape index (κ3) is 1.84. The number of aromatic amines is 1. The highest BCUT2D eigenvalue weighted by atomic mass is 32.2. The number of hydrogen-bond donors (Lipinski definition) is 1. The van der Waals surface area contributed by atoms with Crippen LogP contribution in [0.4, 0.5) is 0 Å². The summed E-state index contributed by atoms with van der Waals surface area (Å²) in [5.41, 5.74) is 1.31. The van der Waals surface area contributed by atoms with Gasteiger partial charge in [-0.05, 0) is 19.3 Å². The first-order chi connectivity index (χ1) is 8.07. The van der Waals surface area contributed by atoms with Crippen LogP contribution < -0.4 is 5.56 Å². The summed E-state index contributed by atoms with van der Waals surface area (Å²) in [6.07, 6.45) is 4.71. The van der Waals surface area contributed by atoms with E-state index in [0.29, 0.717) is 17.7 Å². The summed E-state index contributed by atoms with van der Waals surface area (Å²) < 4.78 is 24.7. The van der Waals surface area contributed by atoms with E-state index in [-0.39, 0.29) is 23.1 Å². The zero-order valence-electron chi connectivity index (χ0n) is 9.61. The van der Waals surface area contributed by atoms with Crippen LogP contribution in [0.5, 0.6) is 0 Å². The number of hydrogen-bond acceptors (Lipinski definition) is 3. The zero-order chi connectivity index (χ0) is 12.0. The standard InChI is InChI=1S/C11H16N2O3S/c14-11-9-5-6-17(15,16)7-10(9)12-13(11)8-3-1-2-4-8/h8,12H,1-7H2. The lowest BCUT2D eigenvalue weighted by molar-refractivity contribution is 0.451. The summed E-state index contributed by atoms with van der Waals surface area (Å²) >= 11 is 0. The predicted octanol–water partition coefficient (Wildman–Crippen LogP) is 0.762. The van der Waals surface area contributed by atoms with Crippen LogP contribution in [0.15, 0.2) is 4.79 Å². The van der Waals surface area contributed by atoms with Gasteiger partial charge in [-0.2, -0.15) is 0 Å². The van der Waals surface area contributed by atoms with E-state index in [1.807, 2.05) is 0 Å². The molecule has 1 aromatic heterocycles. The summed E-state index contributed by atoms with van der Waals surface area (Å²) in [5, 5.41) is 3.02. The Morgan fingerprint density at radius 1 is 1.24 bits per heavy atom. The first-order valence-corrected chi connectivity index (χ1v) is 7.92. The molecule has 5 nitrogen and oxygen atoms in total. The third-order valence-corrected chi connectivity index (χ3v) is 5.37. The zero-order valence-corrected chi connectivity index (χ0v) is 10.4. The molecule has 0 bridgehead atoms. The Morgan fingerprint density at radius 3 is 2.65 bits per heavy atom. The molecule has 0 aromatic carbocycles. The van der Waals surface area contributed by atoms with Crippen LogP contribution in [0.25, 0.3) is 0 Å². The Hall–Kier alpha value is -1.04. The van der Waals surface area contributed by atoms with Crippen LogP contribution in [0.2, 0.25) is 0 Å².